The molecule has 2 N–H and O–H groups in total. The number of nitrogens with two attached hydrogens (primary N) is 1. The molecule has 1 heterocycles. The molecule has 4 heteroatoms. The van der Waals surface area contributed by atoms with Crippen LogP contribution in [-0.2, 0) is 24.9 Å². The Morgan fingerprint density at radius 1 is 1.43 bits per heavy atom. The van der Waals surface area contributed by atoms with Gasteiger partial charge in [-0.2, -0.15) is 0 Å². The first-order valence-electron chi connectivity index (χ1n) is 7.62. The highest BCUT2D eigenvalue weighted by Gasteiger charge is 2.36. The zero-order chi connectivity index (χ0) is 14.9. The monoisotopic (exact) mass is 285 g/mol. The van der Waals surface area contributed by atoms with E-state index in [4.69, 9.17) is 10.5 Å². The fraction of sp³-hybridized carbons (Fsp3) is 0.471. The first-order valence-corrected chi connectivity index (χ1v) is 7.62. The fourth-order valence-electron chi connectivity index (χ4n) is 3.27. The van der Waals surface area contributed by atoms with Gasteiger partial charge in [0.05, 0.1) is 7.11 Å². The van der Waals surface area contributed by atoms with Crippen molar-refractivity contribution in [1.82, 2.24) is 9.55 Å². The molecule has 112 valence electrons. The van der Waals surface area contributed by atoms with Gasteiger partial charge in [0.15, 0.2) is 0 Å². The van der Waals surface area contributed by atoms with Crippen molar-refractivity contribution in [3.63, 3.8) is 0 Å². The molecule has 1 unspecified atom stereocenters. The van der Waals surface area contributed by atoms with Crippen LogP contribution in [0.1, 0.15) is 36.7 Å². The number of hydrogen-bond donors (Lipinski definition) is 1. The average molecular weight is 285 g/mol. The van der Waals surface area contributed by atoms with Gasteiger partial charge in [-0.3, -0.25) is 0 Å². The fourth-order valence-corrected chi connectivity index (χ4v) is 3.27. The number of benzene rings is 1. The van der Waals surface area contributed by atoms with Crippen LogP contribution in [0.4, 0.5) is 0 Å². The number of imidazole rings is 1. The molecule has 0 spiro atoms. The van der Waals surface area contributed by atoms with Gasteiger partial charge in [0.1, 0.15) is 11.6 Å². The second-order valence-electron chi connectivity index (χ2n) is 5.89. The lowest BCUT2D eigenvalue weighted by molar-refractivity contribution is 0.402. The van der Waals surface area contributed by atoms with Crippen molar-refractivity contribution in [2.75, 3.05) is 7.11 Å². The van der Waals surface area contributed by atoms with Crippen molar-refractivity contribution in [3.05, 3.63) is 47.5 Å². The molecule has 4 nitrogen and oxygen atoms in total. The molecule has 1 atom stereocenters. The summed E-state index contributed by atoms with van der Waals surface area (Å²) in [7, 11) is 1.70. The molecule has 0 amide bonds. The second-order valence-corrected chi connectivity index (χ2v) is 5.89. The van der Waals surface area contributed by atoms with Gasteiger partial charge in [-0.1, -0.05) is 13.0 Å². The molecule has 21 heavy (non-hydrogen) atoms. The predicted octanol–water partition coefficient (Wildman–Crippen LogP) is 2.64. The van der Waals surface area contributed by atoms with Crippen molar-refractivity contribution in [2.45, 2.75) is 44.7 Å². The third-order valence-electron chi connectivity index (χ3n) is 4.43. The maximum absolute atomic E-state index is 6.74. The molecule has 1 aliphatic carbocycles. The number of aryl methyl sites for hydroxylation is 2. The Kier molecular flexibility index (Phi) is 3.72. The summed E-state index contributed by atoms with van der Waals surface area (Å²) in [4.78, 5) is 4.51. The van der Waals surface area contributed by atoms with Gasteiger partial charge in [0.2, 0.25) is 0 Å². The molecule has 0 aliphatic heterocycles. The summed E-state index contributed by atoms with van der Waals surface area (Å²) >= 11 is 0. The van der Waals surface area contributed by atoms with Gasteiger partial charge in [-0.05, 0) is 42.5 Å². The molecule has 1 aliphatic rings. The lowest BCUT2D eigenvalue weighted by Crippen LogP contribution is -2.37. The van der Waals surface area contributed by atoms with Crippen molar-refractivity contribution >= 4 is 0 Å². The van der Waals surface area contributed by atoms with Crippen LogP contribution in [-0.4, -0.2) is 16.7 Å². The Hall–Kier alpha value is -1.81. The van der Waals surface area contributed by atoms with Crippen LogP contribution in [0.3, 0.4) is 0 Å². The molecular formula is C17H23N3O. The predicted molar refractivity (Wildman–Crippen MR) is 83.4 cm³/mol. The highest BCUT2D eigenvalue weighted by Crippen LogP contribution is 2.39. The number of rotatable bonds is 5. The van der Waals surface area contributed by atoms with Gasteiger partial charge in [-0.25, -0.2) is 4.98 Å². The number of fused-ring (bicyclic) bond motifs is 1. The average Bonchev–Trinajstić information content (AvgIpc) is 3.05. The normalized spacial score (nSPS) is 20.5. The van der Waals surface area contributed by atoms with E-state index in [2.05, 4.69) is 28.6 Å². The molecule has 0 saturated heterocycles. The van der Waals surface area contributed by atoms with Crippen LogP contribution >= 0.6 is 0 Å². The van der Waals surface area contributed by atoms with E-state index in [1.165, 1.54) is 11.1 Å². The summed E-state index contributed by atoms with van der Waals surface area (Å²) < 4.78 is 7.57. The van der Waals surface area contributed by atoms with Crippen molar-refractivity contribution < 1.29 is 4.74 Å². The molecule has 2 aromatic rings. The van der Waals surface area contributed by atoms with Gasteiger partial charge in [0.25, 0.3) is 0 Å². The summed E-state index contributed by atoms with van der Waals surface area (Å²) in [6.07, 6.45) is 7.80. The standard InChI is InChI=1S/C17H23N3O/c1-3-9-20-10-8-19-16(20)12-17(18)7-6-13-4-5-14(21-2)11-15(13)17/h4-5,8,10-11H,3,6-7,9,12,18H2,1-2H3. The highest BCUT2D eigenvalue weighted by molar-refractivity contribution is 5.44. The highest BCUT2D eigenvalue weighted by atomic mass is 16.5. The molecule has 3 rings (SSSR count). The van der Waals surface area contributed by atoms with Crippen molar-refractivity contribution in [1.29, 1.82) is 0 Å². The maximum atomic E-state index is 6.74. The Morgan fingerprint density at radius 2 is 2.29 bits per heavy atom. The molecular weight excluding hydrogens is 262 g/mol. The summed E-state index contributed by atoms with van der Waals surface area (Å²) in [6.45, 7) is 3.17. The first kappa shape index (κ1) is 14.1. The number of aromatic nitrogens is 2. The molecule has 0 bridgehead atoms. The number of nitrogens with zero attached hydrogens (tertiary/aromatic N) is 2. The quantitative estimate of drug-likeness (QED) is 0.919. The van der Waals surface area contributed by atoms with Gasteiger partial charge in [-0.15, -0.1) is 0 Å². The van der Waals surface area contributed by atoms with Crippen LogP contribution < -0.4 is 10.5 Å². The molecule has 0 radical (unpaired) electrons. The summed E-state index contributed by atoms with van der Waals surface area (Å²) in [5.74, 6) is 1.96. The van der Waals surface area contributed by atoms with Crippen LogP contribution in [0.15, 0.2) is 30.6 Å². The van der Waals surface area contributed by atoms with Crippen LogP contribution in [0.5, 0.6) is 5.75 Å². The smallest absolute Gasteiger partial charge is 0.119 e. The second kappa shape index (κ2) is 5.53. The molecule has 0 saturated carbocycles. The van der Waals surface area contributed by atoms with Crippen molar-refractivity contribution in [2.24, 2.45) is 5.73 Å². The van der Waals surface area contributed by atoms with E-state index < -0.39 is 0 Å². The zero-order valence-corrected chi connectivity index (χ0v) is 12.8. The van der Waals surface area contributed by atoms with Gasteiger partial charge in [0, 0.05) is 30.9 Å². The van der Waals surface area contributed by atoms with Gasteiger partial charge >= 0.3 is 0 Å². The van der Waals surface area contributed by atoms with E-state index >= 15 is 0 Å². The SMILES string of the molecule is CCCn1ccnc1CC1(N)CCc2ccc(OC)cc21. The Labute approximate surface area is 125 Å². The largest absolute Gasteiger partial charge is 0.497 e. The lowest BCUT2D eigenvalue weighted by atomic mass is 9.89. The Balaban J connectivity index is 1.91. The third-order valence-corrected chi connectivity index (χ3v) is 4.43. The van der Waals surface area contributed by atoms with E-state index in [1.54, 1.807) is 7.11 Å². The van der Waals surface area contributed by atoms with E-state index in [9.17, 15) is 0 Å². The minimum Gasteiger partial charge on any atom is -0.497 e. The van der Waals surface area contributed by atoms with E-state index in [-0.39, 0.29) is 5.54 Å². The molecule has 1 aromatic carbocycles. The third kappa shape index (κ3) is 2.56. The first-order chi connectivity index (χ1) is 10.2. The maximum Gasteiger partial charge on any atom is 0.119 e. The van der Waals surface area contributed by atoms with Crippen LogP contribution in [0, 0.1) is 0 Å². The number of hydrogen-bond acceptors (Lipinski definition) is 3. The number of ether oxygens (including phenoxy) is 1. The van der Waals surface area contributed by atoms with E-state index in [0.717, 1.165) is 43.8 Å². The topological polar surface area (TPSA) is 53.1 Å². The summed E-state index contributed by atoms with van der Waals surface area (Å²) in [5.41, 5.74) is 8.96. The number of methoxy groups -OCH3 is 1. The van der Waals surface area contributed by atoms with Crippen LogP contribution in [0.25, 0.3) is 0 Å². The van der Waals surface area contributed by atoms with Crippen molar-refractivity contribution in [3.8, 4) is 5.75 Å². The van der Waals surface area contributed by atoms with E-state index in [0.29, 0.717) is 0 Å². The molecule has 0 fully saturated rings. The van der Waals surface area contributed by atoms with Gasteiger partial charge < -0.3 is 15.0 Å². The van der Waals surface area contributed by atoms with E-state index in [1.807, 2.05) is 18.5 Å². The molecule has 1 aromatic heterocycles. The minimum atomic E-state index is -0.333. The lowest BCUT2D eigenvalue weighted by Gasteiger charge is -2.26. The Morgan fingerprint density at radius 3 is 3.05 bits per heavy atom. The van der Waals surface area contributed by atoms with Crippen LogP contribution in [0.2, 0.25) is 0 Å². The minimum absolute atomic E-state index is 0.333. The summed E-state index contributed by atoms with van der Waals surface area (Å²) in [6, 6.07) is 6.25. The summed E-state index contributed by atoms with van der Waals surface area (Å²) in [5, 5.41) is 0. The Bertz CT molecular complexity index is 635. The zero-order valence-electron chi connectivity index (χ0n) is 12.8.